The molecule has 1 saturated heterocycles. The zero-order chi connectivity index (χ0) is 19.9. The molecule has 2 unspecified atom stereocenters. The fourth-order valence-corrected chi connectivity index (χ4v) is 3.90. The van der Waals surface area contributed by atoms with Crippen LogP contribution in [0.5, 0.6) is 5.75 Å². The van der Waals surface area contributed by atoms with Crippen molar-refractivity contribution < 1.29 is 13.9 Å². The van der Waals surface area contributed by atoms with Gasteiger partial charge in [-0.15, -0.1) is 12.4 Å². The van der Waals surface area contributed by atoms with Gasteiger partial charge in [0.1, 0.15) is 11.6 Å². The number of ether oxygens (including phenoxy) is 1. The van der Waals surface area contributed by atoms with E-state index >= 15 is 0 Å². The van der Waals surface area contributed by atoms with Crippen molar-refractivity contribution in [3.8, 4) is 5.75 Å². The van der Waals surface area contributed by atoms with Gasteiger partial charge in [0, 0.05) is 6.42 Å². The molecule has 2 N–H and O–H groups in total. The Balaban J connectivity index is 0.00000300. The SMILES string of the molecule is COc1ccc(C(NC(=O)CC(C)C2CCNCC2)c2ccc(F)cc2)cc1.Cl. The molecule has 1 fully saturated rings. The van der Waals surface area contributed by atoms with Crippen LogP contribution in [0.25, 0.3) is 0 Å². The minimum Gasteiger partial charge on any atom is -0.497 e. The predicted octanol–water partition coefficient (Wildman–Crippen LogP) is 4.49. The van der Waals surface area contributed by atoms with Crippen LogP contribution >= 0.6 is 12.4 Å². The molecule has 0 aromatic heterocycles. The molecule has 0 aliphatic carbocycles. The molecule has 1 amide bonds. The van der Waals surface area contributed by atoms with Crippen molar-refractivity contribution in [3.05, 3.63) is 65.5 Å². The van der Waals surface area contributed by atoms with Crippen LogP contribution in [0.3, 0.4) is 0 Å². The molecular weight excluding hydrogens is 391 g/mol. The van der Waals surface area contributed by atoms with Crippen molar-refractivity contribution in [1.82, 2.24) is 10.6 Å². The van der Waals surface area contributed by atoms with E-state index in [0.717, 1.165) is 42.8 Å². The van der Waals surface area contributed by atoms with E-state index in [1.807, 2.05) is 24.3 Å². The topological polar surface area (TPSA) is 50.4 Å². The number of carbonyl (C=O) groups excluding carboxylic acids is 1. The highest BCUT2D eigenvalue weighted by Gasteiger charge is 2.24. The summed E-state index contributed by atoms with van der Waals surface area (Å²) in [7, 11) is 1.62. The highest BCUT2D eigenvalue weighted by Crippen LogP contribution is 2.27. The van der Waals surface area contributed by atoms with E-state index in [-0.39, 0.29) is 30.2 Å². The maximum atomic E-state index is 13.4. The number of piperidine rings is 1. The highest BCUT2D eigenvalue weighted by molar-refractivity contribution is 5.85. The Morgan fingerprint density at radius 1 is 1.10 bits per heavy atom. The van der Waals surface area contributed by atoms with Gasteiger partial charge in [0.05, 0.1) is 13.2 Å². The van der Waals surface area contributed by atoms with Crippen LogP contribution in [0.15, 0.2) is 48.5 Å². The summed E-state index contributed by atoms with van der Waals surface area (Å²) >= 11 is 0. The molecular formula is C23H30ClFN2O2. The average Bonchev–Trinajstić information content (AvgIpc) is 2.73. The molecule has 0 saturated carbocycles. The summed E-state index contributed by atoms with van der Waals surface area (Å²) in [5.41, 5.74) is 1.80. The molecule has 29 heavy (non-hydrogen) atoms. The van der Waals surface area contributed by atoms with Gasteiger partial charge in [-0.05, 0) is 73.2 Å². The Morgan fingerprint density at radius 3 is 2.21 bits per heavy atom. The second kappa shape index (κ2) is 11.2. The minimum absolute atomic E-state index is 0. The number of rotatable bonds is 7. The second-order valence-corrected chi connectivity index (χ2v) is 7.59. The largest absolute Gasteiger partial charge is 0.497 e. The van der Waals surface area contributed by atoms with E-state index in [2.05, 4.69) is 17.6 Å². The third kappa shape index (κ3) is 6.44. The molecule has 6 heteroatoms. The first kappa shape index (κ1) is 23.2. The number of methoxy groups -OCH3 is 1. The standard InChI is InChI=1S/C23H29FN2O2.ClH/c1-16(17-11-13-25-14-12-17)15-22(27)26-23(18-3-7-20(24)8-4-18)19-5-9-21(28-2)10-6-19;/h3-10,16-17,23,25H,11-15H2,1-2H3,(H,26,27);1H. The van der Waals surface area contributed by atoms with Gasteiger partial charge in [-0.3, -0.25) is 4.79 Å². The molecule has 2 atom stereocenters. The van der Waals surface area contributed by atoms with Crippen molar-refractivity contribution in [2.45, 2.75) is 32.2 Å². The lowest BCUT2D eigenvalue weighted by Gasteiger charge is -2.28. The summed E-state index contributed by atoms with van der Waals surface area (Å²) in [6.07, 6.45) is 2.74. The summed E-state index contributed by atoms with van der Waals surface area (Å²) in [6, 6.07) is 13.6. The third-order valence-electron chi connectivity index (χ3n) is 5.65. The Bertz CT molecular complexity index is 761. The molecule has 3 rings (SSSR count). The molecule has 0 radical (unpaired) electrons. The van der Waals surface area contributed by atoms with Crippen molar-refractivity contribution >= 4 is 18.3 Å². The Kier molecular flexibility index (Phi) is 8.93. The fourth-order valence-electron chi connectivity index (χ4n) is 3.90. The molecule has 2 aromatic rings. The van der Waals surface area contributed by atoms with Crippen LogP contribution in [0.2, 0.25) is 0 Å². The van der Waals surface area contributed by atoms with Crippen LogP contribution in [0.1, 0.15) is 43.4 Å². The Morgan fingerprint density at radius 2 is 1.66 bits per heavy atom. The maximum Gasteiger partial charge on any atom is 0.221 e. The molecule has 158 valence electrons. The van der Waals surface area contributed by atoms with Gasteiger partial charge in [0.25, 0.3) is 0 Å². The van der Waals surface area contributed by atoms with Gasteiger partial charge in [0.2, 0.25) is 5.91 Å². The van der Waals surface area contributed by atoms with E-state index in [0.29, 0.717) is 18.3 Å². The average molecular weight is 421 g/mol. The maximum absolute atomic E-state index is 13.4. The first-order chi connectivity index (χ1) is 13.6. The second-order valence-electron chi connectivity index (χ2n) is 7.59. The fraction of sp³-hybridized carbons (Fsp3) is 0.435. The van der Waals surface area contributed by atoms with Gasteiger partial charge in [0.15, 0.2) is 0 Å². The van der Waals surface area contributed by atoms with Gasteiger partial charge in [-0.2, -0.15) is 0 Å². The number of amides is 1. The van der Waals surface area contributed by atoms with E-state index in [4.69, 9.17) is 4.74 Å². The van der Waals surface area contributed by atoms with E-state index in [1.165, 1.54) is 12.1 Å². The van der Waals surface area contributed by atoms with Crippen LogP contribution in [0, 0.1) is 17.7 Å². The predicted molar refractivity (Wildman–Crippen MR) is 116 cm³/mol. The van der Waals surface area contributed by atoms with Crippen LogP contribution in [-0.4, -0.2) is 26.1 Å². The molecule has 1 aliphatic rings. The van der Waals surface area contributed by atoms with Crippen molar-refractivity contribution in [2.75, 3.05) is 20.2 Å². The molecule has 1 heterocycles. The summed E-state index contributed by atoms with van der Waals surface area (Å²) in [4.78, 5) is 12.8. The molecule has 4 nitrogen and oxygen atoms in total. The summed E-state index contributed by atoms with van der Waals surface area (Å²) in [6.45, 7) is 4.22. The number of hydrogen-bond acceptors (Lipinski definition) is 3. The highest BCUT2D eigenvalue weighted by atomic mass is 35.5. The van der Waals surface area contributed by atoms with E-state index in [1.54, 1.807) is 19.2 Å². The smallest absolute Gasteiger partial charge is 0.221 e. The lowest BCUT2D eigenvalue weighted by Crippen LogP contribution is -2.35. The normalized spacial score (nSPS) is 16.4. The van der Waals surface area contributed by atoms with Gasteiger partial charge in [-0.25, -0.2) is 4.39 Å². The van der Waals surface area contributed by atoms with Gasteiger partial charge in [-0.1, -0.05) is 31.2 Å². The lowest BCUT2D eigenvalue weighted by molar-refractivity contribution is -0.122. The van der Waals surface area contributed by atoms with E-state index < -0.39 is 0 Å². The van der Waals surface area contributed by atoms with Crippen molar-refractivity contribution in [2.24, 2.45) is 11.8 Å². The molecule has 0 spiro atoms. The summed E-state index contributed by atoms with van der Waals surface area (Å²) in [5, 5.41) is 6.53. The van der Waals surface area contributed by atoms with Crippen LogP contribution in [-0.2, 0) is 4.79 Å². The first-order valence-electron chi connectivity index (χ1n) is 9.96. The molecule has 0 bridgehead atoms. The van der Waals surface area contributed by atoms with Gasteiger partial charge < -0.3 is 15.4 Å². The molecule has 1 aliphatic heterocycles. The van der Waals surface area contributed by atoms with Gasteiger partial charge >= 0.3 is 0 Å². The number of carbonyl (C=O) groups is 1. The Labute approximate surface area is 178 Å². The quantitative estimate of drug-likeness (QED) is 0.694. The summed E-state index contributed by atoms with van der Waals surface area (Å²) < 4.78 is 18.6. The number of benzene rings is 2. The Hall–Kier alpha value is -2.11. The summed E-state index contributed by atoms with van der Waals surface area (Å²) in [5.74, 6) is 1.41. The van der Waals surface area contributed by atoms with Crippen LogP contribution < -0.4 is 15.4 Å². The minimum atomic E-state index is -0.320. The third-order valence-corrected chi connectivity index (χ3v) is 5.65. The van der Waals surface area contributed by atoms with Crippen LogP contribution in [0.4, 0.5) is 4.39 Å². The van der Waals surface area contributed by atoms with Crippen molar-refractivity contribution in [3.63, 3.8) is 0 Å². The monoisotopic (exact) mass is 420 g/mol. The first-order valence-corrected chi connectivity index (χ1v) is 9.96. The zero-order valence-corrected chi connectivity index (χ0v) is 17.8. The van der Waals surface area contributed by atoms with E-state index in [9.17, 15) is 9.18 Å². The number of halogens is 2. The molecule has 2 aromatic carbocycles. The zero-order valence-electron chi connectivity index (χ0n) is 17.0. The lowest BCUT2D eigenvalue weighted by atomic mass is 9.84. The number of hydrogen-bond donors (Lipinski definition) is 2. The number of nitrogens with one attached hydrogen (secondary N) is 2. The van der Waals surface area contributed by atoms with Crippen molar-refractivity contribution in [1.29, 1.82) is 0 Å².